The van der Waals surface area contributed by atoms with Gasteiger partial charge in [-0.2, -0.15) is 8.42 Å². The Morgan fingerprint density at radius 1 is 1.39 bits per heavy atom. The van der Waals surface area contributed by atoms with E-state index >= 15 is 0 Å². The molecule has 1 aliphatic rings. The molecule has 1 rings (SSSR count). The molecule has 0 spiro atoms. The van der Waals surface area contributed by atoms with E-state index in [0.29, 0.717) is 16.3 Å². The summed E-state index contributed by atoms with van der Waals surface area (Å²) in [5.41, 5.74) is 0.940. The van der Waals surface area contributed by atoms with Gasteiger partial charge in [0.2, 0.25) is 10.3 Å². The van der Waals surface area contributed by atoms with E-state index < -0.39 is 10.3 Å². The number of esters is 1. The van der Waals surface area contributed by atoms with E-state index in [4.69, 9.17) is 11.6 Å². The zero-order valence-corrected chi connectivity index (χ0v) is 11.7. The zero-order chi connectivity index (χ0) is 13.5. The molecule has 6 heteroatoms. The summed E-state index contributed by atoms with van der Waals surface area (Å²) >= 11 is 6.03. The fraction of sp³-hybridized carbons (Fsp3) is 0.500. The second-order valence-corrected chi connectivity index (χ2v) is 5.37. The Morgan fingerprint density at radius 3 is 2.67 bits per heavy atom. The number of carbonyl (C=O) groups is 1. The van der Waals surface area contributed by atoms with Crippen LogP contribution in [-0.4, -0.2) is 26.4 Å². The topological polar surface area (TPSA) is 60.4 Å². The van der Waals surface area contributed by atoms with Crippen molar-refractivity contribution in [2.75, 3.05) is 7.11 Å². The van der Waals surface area contributed by atoms with E-state index in [0.717, 1.165) is 24.8 Å². The van der Waals surface area contributed by atoms with Crippen LogP contribution in [0.2, 0.25) is 0 Å². The van der Waals surface area contributed by atoms with Crippen molar-refractivity contribution in [3.63, 3.8) is 0 Å². The minimum atomic E-state index is -2.20. The smallest absolute Gasteiger partial charge is 0.305 e. The molecule has 100 valence electrons. The molecular weight excluding hydrogens is 276 g/mol. The zero-order valence-electron chi connectivity index (χ0n) is 10.1. The quantitative estimate of drug-likeness (QED) is 0.442. The average molecular weight is 291 g/mol. The molecule has 0 fully saturated rings. The summed E-state index contributed by atoms with van der Waals surface area (Å²) < 4.78 is 26.0. The Hall–Kier alpha value is -1.07. The minimum Gasteiger partial charge on any atom is -0.469 e. The second kappa shape index (κ2) is 7.38. The van der Waals surface area contributed by atoms with Crippen molar-refractivity contribution in [2.45, 2.75) is 32.1 Å². The van der Waals surface area contributed by atoms with E-state index in [9.17, 15) is 13.2 Å². The van der Waals surface area contributed by atoms with Gasteiger partial charge in [0.05, 0.1) is 12.0 Å². The molecule has 0 aromatic carbocycles. The monoisotopic (exact) mass is 290 g/mol. The molecule has 4 nitrogen and oxygen atoms in total. The number of ether oxygens (including phenoxy) is 1. The molecule has 0 heterocycles. The average Bonchev–Trinajstić information content (AvgIpc) is 2.35. The predicted octanol–water partition coefficient (Wildman–Crippen LogP) is 2.22. The molecule has 0 saturated heterocycles. The van der Waals surface area contributed by atoms with Gasteiger partial charge in [-0.3, -0.25) is 4.79 Å². The highest BCUT2D eigenvalue weighted by atomic mass is 35.5. The Kier molecular flexibility index (Phi) is 6.15. The molecular formula is C12H15ClO4S. The van der Waals surface area contributed by atoms with Crippen molar-refractivity contribution in [1.82, 2.24) is 0 Å². The Morgan fingerprint density at radius 2 is 2.11 bits per heavy atom. The molecule has 0 aliphatic heterocycles. The van der Waals surface area contributed by atoms with Crippen LogP contribution in [0, 0.1) is 0 Å². The molecule has 1 aliphatic carbocycles. The third kappa shape index (κ3) is 4.66. The summed E-state index contributed by atoms with van der Waals surface area (Å²) in [7, 11) is -0.835. The van der Waals surface area contributed by atoms with Crippen LogP contribution < -0.4 is 0 Å². The van der Waals surface area contributed by atoms with Crippen molar-refractivity contribution in [3.8, 4) is 0 Å². The molecule has 18 heavy (non-hydrogen) atoms. The highest BCUT2D eigenvalue weighted by molar-refractivity contribution is 7.73. The summed E-state index contributed by atoms with van der Waals surface area (Å²) in [6.07, 6.45) is 6.26. The summed E-state index contributed by atoms with van der Waals surface area (Å²) in [4.78, 5) is 11.2. The standard InChI is InChI=1S/C12H15ClO4S/c1-17-12(14)5-3-2-4-9-6-7-10(18(15)16)8-11(9)13/h6-7H,2-5,8H2,1H3. The van der Waals surface area contributed by atoms with E-state index in [1.165, 1.54) is 7.11 Å². The molecule has 0 saturated carbocycles. The molecule has 0 amide bonds. The number of methoxy groups -OCH3 is 1. The van der Waals surface area contributed by atoms with Gasteiger partial charge < -0.3 is 4.74 Å². The lowest BCUT2D eigenvalue weighted by molar-refractivity contribution is -0.140. The summed E-state index contributed by atoms with van der Waals surface area (Å²) in [5, 5.41) is 0.565. The van der Waals surface area contributed by atoms with Crippen LogP contribution >= 0.6 is 11.6 Å². The molecule has 0 bridgehead atoms. The first kappa shape index (κ1) is 15.0. The van der Waals surface area contributed by atoms with Crippen LogP contribution in [0.3, 0.4) is 0 Å². The first-order valence-electron chi connectivity index (χ1n) is 5.62. The van der Waals surface area contributed by atoms with Gasteiger partial charge in [0, 0.05) is 17.9 Å². The van der Waals surface area contributed by atoms with Crippen LogP contribution in [0.15, 0.2) is 22.8 Å². The molecule has 0 aromatic heterocycles. The van der Waals surface area contributed by atoms with Gasteiger partial charge in [-0.15, -0.1) is 0 Å². The van der Waals surface area contributed by atoms with Gasteiger partial charge in [0.1, 0.15) is 0 Å². The fourth-order valence-electron chi connectivity index (χ4n) is 1.63. The molecule has 0 aromatic rings. The molecule has 0 unspecified atom stereocenters. The maximum absolute atomic E-state index is 10.9. The number of unbranched alkanes of at least 4 members (excludes halogenated alkanes) is 1. The lowest BCUT2D eigenvalue weighted by Gasteiger charge is -2.10. The largest absolute Gasteiger partial charge is 0.469 e. The first-order chi connectivity index (χ1) is 8.54. The number of hydrogen-bond donors (Lipinski definition) is 0. The SMILES string of the molecule is COC(=O)CCCCC1=C(Cl)CC(=S(=O)=O)C=C1. The number of halogens is 1. The fourth-order valence-corrected chi connectivity index (χ4v) is 2.45. The third-order valence-corrected chi connectivity index (χ3v) is 3.75. The summed E-state index contributed by atoms with van der Waals surface area (Å²) in [6.45, 7) is 0. The van der Waals surface area contributed by atoms with Crippen LogP contribution in [-0.2, 0) is 19.8 Å². The van der Waals surface area contributed by atoms with Gasteiger partial charge in [0.25, 0.3) is 0 Å². The van der Waals surface area contributed by atoms with Gasteiger partial charge in [0.15, 0.2) is 0 Å². The lowest BCUT2D eigenvalue weighted by atomic mass is 10.0. The number of hydrogen-bond acceptors (Lipinski definition) is 4. The van der Waals surface area contributed by atoms with Crippen LogP contribution in [0.5, 0.6) is 0 Å². The Bertz CT molecular complexity index is 506. The van der Waals surface area contributed by atoms with Gasteiger partial charge >= 0.3 is 5.97 Å². The predicted molar refractivity (Wildman–Crippen MR) is 71.0 cm³/mol. The van der Waals surface area contributed by atoms with E-state index in [1.54, 1.807) is 12.2 Å². The van der Waals surface area contributed by atoms with Crippen molar-refractivity contribution < 1.29 is 17.9 Å². The highest BCUT2D eigenvalue weighted by Crippen LogP contribution is 2.25. The Labute approximate surface area is 113 Å². The maximum Gasteiger partial charge on any atom is 0.305 e. The maximum atomic E-state index is 10.9. The van der Waals surface area contributed by atoms with Gasteiger partial charge in [-0.1, -0.05) is 17.7 Å². The first-order valence-corrected chi connectivity index (χ1v) is 7.07. The van der Waals surface area contributed by atoms with E-state index in [1.807, 2.05) is 0 Å². The van der Waals surface area contributed by atoms with E-state index in [-0.39, 0.29) is 12.4 Å². The number of carbonyl (C=O) groups excluding carboxylic acids is 1. The van der Waals surface area contributed by atoms with Gasteiger partial charge in [-0.25, -0.2) is 0 Å². The highest BCUT2D eigenvalue weighted by Gasteiger charge is 2.11. The van der Waals surface area contributed by atoms with Crippen molar-refractivity contribution in [3.05, 3.63) is 22.8 Å². The van der Waals surface area contributed by atoms with E-state index in [2.05, 4.69) is 4.74 Å². The molecule has 0 atom stereocenters. The molecule has 0 radical (unpaired) electrons. The lowest BCUT2D eigenvalue weighted by Crippen LogP contribution is -2.03. The van der Waals surface area contributed by atoms with Crippen molar-refractivity contribution in [2.24, 2.45) is 0 Å². The third-order valence-electron chi connectivity index (χ3n) is 2.67. The van der Waals surface area contributed by atoms with Gasteiger partial charge in [-0.05, 0) is 30.9 Å². The molecule has 0 N–H and O–H groups in total. The van der Waals surface area contributed by atoms with Crippen molar-refractivity contribution in [1.29, 1.82) is 0 Å². The second-order valence-electron chi connectivity index (χ2n) is 3.92. The summed E-state index contributed by atoms with van der Waals surface area (Å²) in [6, 6.07) is 0. The number of rotatable bonds is 5. The van der Waals surface area contributed by atoms with Crippen LogP contribution in [0.1, 0.15) is 32.1 Å². The Balaban J connectivity index is 2.45. The summed E-state index contributed by atoms with van der Waals surface area (Å²) in [5.74, 6) is -0.216. The van der Waals surface area contributed by atoms with Crippen LogP contribution in [0.25, 0.3) is 0 Å². The van der Waals surface area contributed by atoms with Crippen LogP contribution in [0.4, 0.5) is 0 Å². The number of allylic oxidation sites excluding steroid dienone is 4. The minimum absolute atomic E-state index is 0.216. The van der Waals surface area contributed by atoms with Crippen molar-refractivity contribution >= 4 is 32.7 Å². The normalized spacial score (nSPS) is 14.9.